The number of phosphoric ester groups is 2. The molecule has 21 heteroatoms. The van der Waals surface area contributed by atoms with Gasteiger partial charge in [-0.25, -0.2) is 13.9 Å². The second kappa shape index (κ2) is 11.2. The zero-order valence-corrected chi connectivity index (χ0v) is 19.6. The third-order valence-corrected chi connectivity index (χ3v) is 7.76. The molecule has 2 fully saturated rings. The standard InChI is InChI=1S/C15H24N2O17P2/c18-3-5-8(20)10(22)12(24)14(32-5)33-36(28,29)34-35(26,27)30-4-6-9(21)11(23)13(31-6)17-2-1-7(19)16-15(17)25/h1-2,5-6,8-14,18,20-24H,3-4H2,(H,26,27)(H,28,29)(H,16,19,25)/t5-,6?,8+,9?,10+,11?,12-,13?,14-/m1/s1. The van der Waals surface area contributed by atoms with Gasteiger partial charge in [0.1, 0.15) is 42.7 Å². The number of aromatic amines is 1. The Morgan fingerprint density at radius 1 is 0.917 bits per heavy atom. The van der Waals surface area contributed by atoms with E-state index in [1.54, 1.807) is 0 Å². The summed E-state index contributed by atoms with van der Waals surface area (Å²) in [4.78, 5) is 44.5. The molecule has 0 aromatic carbocycles. The highest BCUT2D eigenvalue weighted by Gasteiger charge is 2.49. The molecule has 0 amide bonds. The van der Waals surface area contributed by atoms with Crippen LogP contribution in [0.1, 0.15) is 6.23 Å². The Bertz CT molecular complexity index is 1120. The molecule has 0 aliphatic carbocycles. The summed E-state index contributed by atoms with van der Waals surface area (Å²) in [7, 11) is -11.1. The number of rotatable bonds is 9. The van der Waals surface area contributed by atoms with Crippen LogP contribution in [0.25, 0.3) is 0 Å². The summed E-state index contributed by atoms with van der Waals surface area (Å²) in [6, 6.07) is 0.928. The number of H-pyrrole nitrogens is 1. The van der Waals surface area contributed by atoms with E-state index in [-0.39, 0.29) is 0 Å². The molecule has 2 aliphatic rings. The lowest BCUT2D eigenvalue weighted by Crippen LogP contribution is -2.58. The van der Waals surface area contributed by atoms with Crippen molar-refractivity contribution in [1.29, 1.82) is 0 Å². The van der Waals surface area contributed by atoms with Crippen molar-refractivity contribution < 1.29 is 72.4 Å². The molecule has 3 rings (SSSR count). The smallest absolute Gasteiger partial charge is 0.394 e. The monoisotopic (exact) mass is 566 g/mol. The minimum Gasteiger partial charge on any atom is -0.394 e. The quantitative estimate of drug-likeness (QED) is 0.127. The SMILES string of the molecule is O=c1ccn(C2OC(COP(=O)(O)OP(=O)(O)O[C@H]3O[C@H](CO)[C@H](O)[C@H](O)[C@H]3O)C(O)C2O)c(=O)[nH]1. The minimum atomic E-state index is -5.59. The molecule has 206 valence electrons. The van der Waals surface area contributed by atoms with Gasteiger partial charge in [-0.05, 0) is 0 Å². The Morgan fingerprint density at radius 3 is 2.17 bits per heavy atom. The molecule has 0 spiro atoms. The Kier molecular flexibility index (Phi) is 9.05. The van der Waals surface area contributed by atoms with Crippen molar-refractivity contribution in [3.8, 4) is 0 Å². The fraction of sp³-hybridized carbons (Fsp3) is 0.733. The maximum atomic E-state index is 12.2. The van der Waals surface area contributed by atoms with Gasteiger partial charge in [-0.1, -0.05) is 0 Å². The van der Waals surface area contributed by atoms with E-state index in [2.05, 4.69) is 13.4 Å². The van der Waals surface area contributed by atoms with Crippen LogP contribution in [0.15, 0.2) is 21.9 Å². The second-order valence-corrected chi connectivity index (χ2v) is 10.7. The summed E-state index contributed by atoms with van der Waals surface area (Å²) in [6.07, 6.45) is -15.4. The molecule has 1 aromatic rings. The predicted octanol–water partition coefficient (Wildman–Crippen LogP) is -4.79. The van der Waals surface area contributed by atoms with Crippen LogP contribution in [0, 0.1) is 0 Å². The zero-order valence-electron chi connectivity index (χ0n) is 17.9. The molecule has 0 saturated carbocycles. The van der Waals surface area contributed by atoms with Crippen LogP contribution in [-0.4, -0.2) is 112 Å². The van der Waals surface area contributed by atoms with Crippen LogP contribution in [0.3, 0.4) is 0 Å². The second-order valence-electron chi connectivity index (χ2n) is 7.68. The Morgan fingerprint density at radius 2 is 1.56 bits per heavy atom. The largest absolute Gasteiger partial charge is 0.483 e. The Hall–Kier alpha value is -1.38. The molecular formula is C15H24N2O17P2. The van der Waals surface area contributed by atoms with E-state index < -0.39 is 95.4 Å². The first-order valence-corrected chi connectivity index (χ1v) is 13.0. The van der Waals surface area contributed by atoms with Gasteiger partial charge in [0.25, 0.3) is 5.56 Å². The highest BCUT2D eigenvalue weighted by molar-refractivity contribution is 7.61. The van der Waals surface area contributed by atoms with E-state index in [0.717, 1.165) is 16.8 Å². The molecule has 19 nitrogen and oxygen atoms in total. The normalized spacial score (nSPS) is 38.4. The first-order chi connectivity index (χ1) is 16.7. The molecular weight excluding hydrogens is 542 g/mol. The van der Waals surface area contributed by atoms with Crippen LogP contribution in [0.4, 0.5) is 0 Å². The molecule has 0 radical (unpaired) electrons. The Balaban J connectivity index is 1.61. The number of phosphoric acid groups is 2. The first-order valence-electron chi connectivity index (χ1n) is 9.99. The molecule has 9 N–H and O–H groups in total. The van der Waals surface area contributed by atoms with E-state index in [9.17, 15) is 54.0 Å². The number of hydrogen-bond donors (Lipinski definition) is 9. The zero-order chi connectivity index (χ0) is 27.0. The van der Waals surface area contributed by atoms with Crippen LogP contribution < -0.4 is 11.2 Å². The van der Waals surface area contributed by atoms with Crippen molar-refractivity contribution in [2.75, 3.05) is 13.2 Å². The number of aromatic nitrogens is 2. The maximum absolute atomic E-state index is 12.2. The van der Waals surface area contributed by atoms with Crippen molar-refractivity contribution in [2.45, 2.75) is 55.2 Å². The average Bonchev–Trinajstić information content (AvgIpc) is 3.06. The predicted molar refractivity (Wildman–Crippen MR) is 109 cm³/mol. The number of ether oxygens (including phenoxy) is 2. The van der Waals surface area contributed by atoms with E-state index >= 15 is 0 Å². The third-order valence-electron chi connectivity index (χ3n) is 5.16. The van der Waals surface area contributed by atoms with Crippen LogP contribution in [0.5, 0.6) is 0 Å². The maximum Gasteiger partial charge on any atom is 0.483 e. The van der Waals surface area contributed by atoms with E-state index in [4.69, 9.17) is 14.6 Å². The molecule has 0 bridgehead atoms. The molecule has 1 aromatic heterocycles. The van der Waals surface area contributed by atoms with E-state index in [1.807, 2.05) is 4.98 Å². The Labute approximate surface area is 199 Å². The van der Waals surface area contributed by atoms with Gasteiger partial charge in [0.2, 0.25) is 0 Å². The summed E-state index contributed by atoms with van der Waals surface area (Å²) in [5.41, 5.74) is -1.75. The van der Waals surface area contributed by atoms with Crippen molar-refractivity contribution in [3.63, 3.8) is 0 Å². The lowest BCUT2D eigenvalue weighted by atomic mass is 10.00. The van der Waals surface area contributed by atoms with Crippen LogP contribution >= 0.6 is 15.6 Å². The number of nitrogens with zero attached hydrogens (tertiary/aromatic N) is 1. The van der Waals surface area contributed by atoms with Crippen molar-refractivity contribution in [1.82, 2.24) is 9.55 Å². The van der Waals surface area contributed by atoms with Crippen LogP contribution in [-0.2, 0) is 32.0 Å². The number of aliphatic hydroxyl groups excluding tert-OH is 6. The van der Waals surface area contributed by atoms with Gasteiger partial charge in [-0.3, -0.25) is 23.4 Å². The van der Waals surface area contributed by atoms with Crippen molar-refractivity contribution in [3.05, 3.63) is 33.1 Å². The molecule has 6 unspecified atom stereocenters. The van der Waals surface area contributed by atoms with Gasteiger partial charge in [0, 0.05) is 12.3 Å². The summed E-state index contributed by atoms with van der Waals surface area (Å²) in [5, 5.41) is 58.6. The first kappa shape index (κ1) is 29.2. The fourth-order valence-electron chi connectivity index (χ4n) is 3.35. The molecule has 2 saturated heterocycles. The highest BCUT2D eigenvalue weighted by Crippen LogP contribution is 2.61. The van der Waals surface area contributed by atoms with Crippen molar-refractivity contribution >= 4 is 15.6 Å². The van der Waals surface area contributed by atoms with Gasteiger partial charge in [0.05, 0.1) is 13.2 Å². The van der Waals surface area contributed by atoms with Gasteiger partial charge in [-0.2, -0.15) is 4.31 Å². The summed E-state index contributed by atoms with van der Waals surface area (Å²) in [5.74, 6) is 0. The lowest BCUT2D eigenvalue weighted by molar-refractivity contribution is -0.280. The fourth-order valence-corrected chi connectivity index (χ4v) is 5.51. The van der Waals surface area contributed by atoms with Gasteiger partial charge >= 0.3 is 21.3 Å². The molecule has 2 aliphatic heterocycles. The molecule has 3 heterocycles. The summed E-state index contributed by atoms with van der Waals surface area (Å²) in [6.45, 7) is -1.93. The van der Waals surface area contributed by atoms with E-state index in [1.165, 1.54) is 0 Å². The third kappa shape index (κ3) is 6.54. The minimum absolute atomic E-state index is 0.723. The lowest BCUT2D eigenvalue weighted by Gasteiger charge is -2.39. The summed E-state index contributed by atoms with van der Waals surface area (Å²) >= 11 is 0. The molecule has 11 atom stereocenters. The highest BCUT2D eigenvalue weighted by atomic mass is 31.3. The van der Waals surface area contributed by atoms with E-state index in [0.29, 0.717) is 0 Å². The number of aliphatic hydroxyl groups is 6. The topological polar surface area (TPSA) is 297 Å². The number of nitrogens with one attached hydrogen (secondary N) is 1. The van der Waals surface area contributed by atoms with Gasteiger partial charge in [-0.15, -0.1) is 0 Å². The van der Waals surface area contributed by atoms with Gasteiger partial charge in [0.15, 0.2) is 12.5 Å². The number of hydrogen-bond acceptors (Lipinski definition) is 15. The van der Waals surface area contributed by atoms with Crippen molar-refractivity contribution in [2.24, 2.45) is 0 Å². The molecule has 36 heavy (non-hydrogen) atoms. The van der Waals surface area contributed by atoms with Gasteiger partial charge < -0.3 is 49.9 Å². The summed E-state index contributed by atoms with van der Waals surface area (Å²) < 4.78 is 48.1. The van der Waals surface area contributed by atoms with Crippen LogP contribution in [0.2, 0.25) is 0 Å². The average molecular weight is 566 g/mol.